The molecule has 0 radical (unpaired) electrons. The molecule has 2 nitrogen and oxygen atoms in total. The molecular weight excluding hydrogens is 326 g/mol. The maximum atomic E-state index is 5.57. The third kappa shape index (κ3) is 3.66. The van der Waals surface area contributed by atoms with E-state index in [9.17, 15) is 0 Å². The molecule has 0 heterocycles. The van der Waals surface area contributed by atoms with Crippen LogP contribution >= 0.6 is 15.9 Å². The van der Waals surface area contributed by atoms with Gasteiger partial charge in [0.05, 0.1) is 13.2 Å². The summed E-state index contributed by atoms with van der Waals surface area (Å²) in [6.07, 6.45) is 0. The first-order chi connectivity index (χ1) is 10.1. The lowest BCUT2D eigenvalue weighted by Crippen LogP contribution is -2.23. The highest BCUT2D eigenvalue weighted by atomic mass is 79.9. The molecule has 0 aliphatic heterocycles. The number of aryl methyl sites for hydroxylation is 2. The topological polar surface area (TPSA) is 21.3 Å². The molecule has 2 rings (SSSR count). The summed E-state index contributed by atoms with van der Waals surface area (Å²) >= 11 is 3.51. The lowest BCUT2D eigenvalue weighted by molar-refractivity contribution is 0.404. The first kappa shape index (κ1) is 16.1. The van der Waals surface area contributed by atoms with Crippen molar-refractivity contribution in [3.05, 3.63) is 63.1 Å². The van der Waals surface area contributed by atoms with E-state index in [1.54, 1.807) is 7.11 Å². The monoisotopic (exact) mass is 347 g/mol. The fourth-order valence-corrected chi connectivity index (χ4v) is 3.00. The van der Waals surface area contributed by atoms with E-state index in [1.807, 2.05) is 6.07 Å². The SMILES string of the molecule is CCNC(c1ccc(C)cc1C)c1ccc(Br)cc1OC. The van der Waals surface area contributed by atoms with Crippen LogP contribution in [0.25, 0.3) is 0 Å². The lowest BCUT2D eigenvalue weighted by atomic mass is 9.93. The number of benzene rings is 2. The van der Waals surface area contributed by atoms with Crippen molar-refractivity contribution in [2.24, 2.45) is 0 Å². The second kappa shape index (κ2) is 7.10. The van der Waals surface area contributed by atoms with Crippen LogP contribution < -0.4 is 10.1 Å². The molecule has 0 aromatic heterocycles. The zero-order valence-corrected chi connectivity index (χ0v) is 14.6. The van der Waals surface area contributed by atoms with Crippen molar-refractivity contribution in [3.8, 4) is 5.75 Å². The molecule has 112 valence electrons. The first-order valence-corrected chi connectivity index (χ1v) is 8.00. The van der Waals surface area contributed by atoms with Crippen LogP contribution in [-0.2, 0) is 0 Å². The number of hydrogen-bond acceptors (Lipinski definition) is 2. The van der Waals surface area contributed by atoms with E-state index in [2.05, 4.69) is 72.3 Å². The fourth-order valence-electron chi connectivity index (χ4n) is 2.66. The van der Waals surface area contributed by atoms with Crippen molar-refractivity contribution in [1.82, 2.24) is 5.32 Å². The van der Waals surface area contributed by atoms with Gasteiger partial charge >= 0.3 is 0 Å². The largest absolute Gasteiger partial charge is 0.496 e. The summed E-state index contributed by atoms with van der Waals surface area (Å²) in [5, 5.41) is 3.57. The standard InChI is InChI=1S/C18H22BrNO/c1-5-20-18(15-8-6-12(2)10-13(15)3)16-9-7-14(19)11-17(16)21-4/h6-11,18,20H,5H2,1-4H3. The Morgan fingerprint density at radius 2 is 1.81 bits per heavy atom. The highest BCUT2D eigenvalue weighted by molar-refractivity contribution is 9.10. The molecule has 0 saturated carbocycles. The van der Waals surface area contributed by atoms with E-state index in [0.29, 0.717) is 0 Å². The summed E-state index contributed by atoms with van der Waals surface area (Å²) in [7, 11) is 1.72. The van der Waals surface area contributed by atoms with Crippen LogP contribution in [0, 0.1) is 13.8 Å². The van der Waals surface area contributed by atoms with Crippen molar-refractivity contribution < 1.29 is 4.74 Å². The molecule has 2 aromatic carbocycles. The zero-order chi connectivity index (χ0) is 15.4. The fraction of sp³-hybridized carbons (Fsp3) is 0.333. The zero-order valence-electron chi connectivity index (χ0n) is 13.0. The smallest absolute Gasteiger partial charge is 0.125 e. The molecule has 3 heteroatoms. The molecule has 0 amide bonds. The highest BCUT2D eigenvalue weighted by Gasteiger charge is 2.19. The molecule has 0 aliphatic carbocycles. The number of rotatable bonds is 5. The summed E-state index contributed by atoms with van der Waals surface area (Å²) in [6.45, 7) is 7.32. The van der Waals surface area contributed by atoms with E-state index in [0.717, 1.165) is 22.3 Å². The number of hydrogen-bond donors (Lipinski definition) is 1. The minimum atomic E-state index is 0.138. The second-order valence-electron chi connectivity index (χ2n) is 5.24. The van der Waals surface area contributed by atoms with Gasteiger partial charge in [0.1, 0.15) is 5.75 Å². The maximum Gasteiger partial charge on any atom is 0.125 e. The van der Waals surface area contributed by atoms with Gasteiger partial charge in [0.15, 0.2) is 0 Å². The van der Waals surface area contributed by atoms with Crippen molar-refractivity contribution in [2.75, 3.05) is 13.7 Å². The molecule has 0 fully saturated rings. The van der Waals surface area contributed by atoms with Crippen molar-refractivity contribution in [1.29, 1.82) is 0 Å². The predicted octanol–water partition coefficient (Wildman–Crippen LogP) is 4.77. The second-order valence-corrected chi connectivity index (χ2v) is 6.15. The van der Waals surface area contributed by atoms with Gasteiger partial charge in [-0.1, -0.05) is 52.7 Å². The molecular formula is C18H22BrNO. The Balaban J connectivity index is 2.53. The molecule has 21 heavy (non-hydrogen) atoms. The normalized spacial score (nSPS) is 12.2. The van der Waals surface area contributed by atoms with Crippen LogP contribution in [0.4, 0.5) is 0 Å². The Labute approximate surface area is 135 Å². The summed E-state index contributed by atoms with van der Waals surface area (Å²) in [5.41, 5.74) is 5.04. The molecule has 1 unspecified atom stereocenters. The average Bonchev–Trinajstić information content (AvgIpc) is 2.45. The summed E-state index contributed by atoms with van der Waals surface area (Å²) in [5.74, 6) is 0.898. The Morgan fingerprint density at radius 3 is 2.43 bits per heavy atom. The highest BCUT2D eigenvalue weighted by Crippen LogP contribution is 2.33. The third-order valence-electron chi connectivity index (χ3n) is 3.65. The Hall–Kier alpha value is -1.32. The van der Waals surface area contributed by atoms with Crippen molar-refractivity contribution in [2.45, 2.75) is 26.8 Å². The third-order valence-corrected chi connectivity index (χ3v) is 4.14. The van der Waals surface area contributed by atoms with Gasteiger partial charge in [-0.2, -0.15) is 0 Å². The minimum Gasteiger partial charge on any atom is -0.496 e. The van der Waals surface area contributed by atoms with E-state index in [-0.39, 0.29) is 6.04 Å². The van der Waals surface area contributed by atoms with E-state index in [1.165, 1.54) is 16.7 Å². The van der Waals surface area contributed by atoms with Gasteiger partial charge in [0, 0.05) is 10.0 Å². The van der Waals surface area contributed by atoms with Crippen molar-refractivity contribution >= 4 is 15.9 Å². The van der Waals surface area contributed by atoms with Gasteiger partial charge < -0.3 is 10.1 Å². The van der Waals surface area contributed by atoms with Gasteiger partial charge in [-0.25, -0.2) is 0 Å². The predicted molar refractivity (Wildman–Crippen MR) is 92.1 cm³/mol. The Bertz CT molecular complexity index is 625. The van der Waals surface area contributed by atoms with Crippen LogP contribution in [0.2, 0.25) is 0 Å². The van der Waals surface area contributed by atoms with Gasteiger partial charge in [0.2, 0.25) is 0 Å². The van der Waals surface area contributed by atoms with Crippen LogP contribution in [0.5, 0.6) is 5.75 Å². The molecule has 2 aromatic rings. The molecule has 1 N–H and O–H groups in total. The number of nitrogens with one attached hydrogen (secondary N) is 1. The molecule has 1 atom stereocenters. The van der Waals surface area contributed by atoms with Gasteiger partial charge in [-0.05, 0) is 43.7 Å². The van der Waals surface area contributed by atoms with Crippen LogP contribution in [0.1, 0.15) is 35.2 Å². The summed E-state index contributed by atoms with van der Waals surface area (Å²) in [6, 6.07) is 12.9. The maximum absolute atomic E-state index is 5.57. The summed E-state index contributed by atoms with van der Waals surface area (Å²) < 4.78 is 6.60. The Morgan fingerprint density at radius 1 is 1.10 bits per heavy atom. The van der Waals surface area contributed by atoms with Crippen LogP contribution in [0.3, 0.4) is 0 Å². The Kier molecular flexibility index (Phi) is 5.43. The van der Waals surface area contributed by atoms with E-state index >= 15 is 0 Å². The summed E-state index contributed by atoms with van der Waals surface area (Å²) in [4.78, 5) is 0. The van der Waals surface area contributed by atoms with E-state index < -0.39 is 0 Å². The molecule has 0 aliphatic rings. The van der Waals surface area contributed by atoms with Crippen LogP contribution in [0.15, 0.2) is 40.9 Å². The number of methoxy groups -OCH3 is 1. The number of halogens is 1. The minimum absolute atomic E-state index is 0.138. The number of ether oxygens (including phenoxy) is 1. The molecule has 0 bridgehead atoms. The van der Waals surface area contributed by atoms with Gasteiger partial charge in [-0.15, -0.1) is 0 Å². The van der Waals surface area contributed by atoms with Crippen LogP contribution in [-0.4, -0.2) is 13.7 Å². The lowest BCUT2D eigenvalue weighted by Gasteiger charge is -2.23. The molecule has 0 saturated heterocycles. The van der Waals surface area contributed by atoms with Gasteiger partial charge in [0.25, 0.3) is 0 Å². The first-order valence-electron chi connectivity index (χ1n) is 7.20. The van der Waals surface area contributed by atoms with Crippen molar-refractivity contribution in [3.63, 3.8) is 0 Å². The van der Waals surface area contributed by atoms with Gasteiger partial charge in [-0.3, -0.25) is 0 Å². The van der Waals surface area contributed by atoms with E-state index in [4.69, 9.17) is 4.74 Å². The quantitative estimate of drug-likeness (QED) is 0.840. The average molecular weight is 348 g/mol. The molecule has 0 spiro atoms.